The highest BCUT2D eigenvalue weighted by atomic mass is 16.2. The molecule has 5 nitrogen and oxygen atoms in total. The lowest BCUT2D eigenvalue weighted by molar-refractivity contribution is -0.122. The Morgan fingerprint density at radius 3 is 1.95 bits per heavy atom. The molecule has 2 amide bonds. The molecule has 0 fully saturated rings. The van der Waals surface area contributed by atoms with E-state index < -0.39 is 0 Å². The molecule has 1 rings (SSSR count). The van der Waals surface area contributed by atoms with Crippen LogP contribution < -0.4 is 15.1 Å². The lowest BCUT2D eigenvalue weighted by Crippen LogP contribution is -2.42. The van der Waals surface area contributed by atoms with Gasteiger partial charge in [0.15, 0.2) is 0 Å². The van der Waals surface area contributed by atoms with E-state index in [1.165, 1.54) is 6.92 Å². The molecule has 1 aromatic rings. The predicted molar refractivity (Wildman–Crippen MR) is 91.3 cm³/mol. The normalized spacial score (nSPS) is 11.0. The number of carbonyl (C=O) groups is 2. The topological polar surface area (TPSA) is 52.7 Å². The van der Waals surface area contributed by atoms with Crippen molar-refractivity contribution < 1.29 is 9.59 Å². The van der Waals surface area contributed by atoms with E-state index in [0.29, 0.717) is 6.54 Å². The highest BCUT2D eigenvalue weighted by Crippen LogP contribution is 2.20. The second-order valence-electron chi connectivity index (χ2n) is 6.63. The van der Waals surface area contributed by atoms with Crippen LogP contribution in [-0.2, 0) is 9.59 Å². The molecule has 0 bridgehead atoms. The molecule has 122 valence electrons. The second kappa shape index (κ2) is 7.29. The Labute approximate surface area is 133 Å². The van der Waals surface area contributed by atoms with Gasteiger partial charge in [-0.15, -0.1) is 0 Å². The molecule has 0 aromatic heterocycles. The highest BCUT2D eigenvalue weighted by molar-refractivity contribution is 5.92. The van der Waals surface area contributed by atoms with Crippen molar-refractivity contribution in [3.63, 3.8) is 0 Å². The zero-order chi connectivity index (χ0) is 16.9. The lowest BCUT2D eigenvalue weighted by atomic mass is 10.1. The van der Waals surface area contributed by atoms with Crippen LogP contribution in [0.3, 0.4) is 0 Å². The smallest absolute Gasteiger partial charge is 0.223 e. The van der Waals surface area contributed by atoms with Gasteiger partial charge in [-0.05, 0) is 45.0 Å². The Morgan fingerprint density at radius 2 is 1.55 bits per heavy atom. The third-order valence-corrected chi connectivity index (χ3v) is 3.13. The van der Waals surface area contributed by atoms with Crippen molar-refractivity contribution in [1.82, 2.24) is 5.32 Å². The van der Waals surface area contributed by atoms with Crippen molar-refractivity contribution in [2.75, 3.05) is 30.4 Å². The van der Waals surface area contributed by atoms with Crippen LogP contribution >= 0.6 is 0 Å². The third kappa shape index (κ3) is 5.76. The lowest BCUT2D eigenvalue weighted by Gasteiger charge is -2.24. The van der Waals surface area contributed by atoms with Crippen LogP contribution in [0.25, 0.3) is 0 Å². The average Bonchev–Trinajstić information content (AvgIpc) is 2.37. The van der Waals surface area contributed by atoms with Crippen molar-refractivity contribution in [2.45, 2.75) is 39.7 Å². The molecule has 0 radical (unpaired) electrons. The number of hydrogen-bond acceptors (Lipinski definition) is 3. The van der Waals surface area contributed by atoms with E-state index in [2.05, 4.69) is 5.32 Å². The number of nitrogens with one attached hydrogen (secondary N) is 1. The van der Waals surface area contributed by atoms with Gasteiger partial charge in [-0.2, -0.15) is 0 Å². The number of benzene rings is 1. The minimum atomic E-state index is -0.258. The molecule has 0 aliphatic carbocycles. The van der Waals surface area contributed by atoms with Crippen LogP contribution in [0, 0.1) is 0 Å². The van der Waals surface area contributed by atoms with Crippen molar-refractivity contribution in [3.8, 4) is 0 Å². The molecular formula is C17H27N3O2. The molecule has 5 heteroatoms. The largest absolute Gasteiger partial charge is 0.378 e. The van der Waals surface area contributed by atoms with E-state index >= 15 is 0 Å². The van der Waals surface area contributed by atoms with Gasteiger partial charge >= 0.3 is 0 Å². The van der Waals surface area contributed by atoms with E-state index in [1.807, 2.05) is 64.0 Å². The molecule has 0 aliphatic heterocycles. The first kappa shape index (κ1) is 18.0. The van der Waals surface area contributed by atoms with Gasteiger partial charge in [0.2, 0.25) is 11.8 Å². The van der Waals surface area contributed by atoms with Gasteiger partial charge in [-0.3, -0.25) is 9.59 Å². The Balaban J connectivity index is 2.74. The zero-order valence-corrected chi connectivity index (χ0v) is 14.4. The molecule has 0 heterocycles. The number of carbonyl (C=O) groups excluding carboxylic acids is 2. The summed E-state index contributed by atoms with van der Waals surface area (Å²) < 4.78 is 0. The molecular weight excluding hydrogens is 278 g/mol. The Kier molecular flexibility index (Phi) is 5.97. The maximum Gasteiger partial charge on any atom is 0.223 e. The number of nitrogens with zero attached hydrogens (tertiary/aromatic N) is 2. The summed E-state index contributed by atoms with van der Waals surface area (Å²) in [6, 6.07) is 7.72. The molecule has 22 heavy (non-hydrogen) atoms. The van der Waals surface area contributed by atoms with Gasteiger partial charge in [-0.25, -0.2) is 0 Å². The quantitative estimate of drug-likeness (QED) is 0.909. The van der Waals surface area contributed by atoms with Gasteiger partial charge in [0.1, 0.15) is 0 Å². The molecule has 0 saturated carbocycles. The first-order chi connectivity index (χ1) is 10.1. The van der Waals surface area contributed by atoms with Gasteiger partial charge in [0.05, 0.1) is 0 Å². The Hall–Kier alpha value is -2.04. The highest BCUT2D eigenvalue weighted by Gasteiger charge is 2.17. The fourth-order valence-electron chi connectivity index (χ4n) is 2.09. The Bertz CT molecular complexity index is 516. The molecule has 0 saturated heterocycles. The number of anilines is 2. The summed E-state index contributed by atoms with van der Waals surface area (Å²) in [7, 11) is 3.93. The summed E-state index contributed by atoms with van der Waals surface area (Å²) in [5.41, 5.74) is 1.62. The molecule has 0 unspecified atom stereocenters. The van der Waals surface area contributed by atoms with Crippen molar-refractivity contribution in [2.24, 2.45) is 0 Å². The molecule has 0 aliphatic rings. The molecule has 0 spiro atoms. The molecule has 0 atom stereocenters. The van der Waals surface area contributed by atoms with Crippen LogP contribution in [0.2, 0.25) is 0 Å². The number of rotatable bonds is 5. The van der Waals surface area contributed by atoms with E-state index in [9.17, 15) is 9.59 Å². The number of hydrogen-bond donors (Lipinski definition) is 1. The van der Waals surface area contributed by atoms with E-state index in [4.69, 9.17) is 0 Å². The molecule has 1 aromatic carbocycles. The zero-order valence-electron chi connectivity index (χ0n) is 14.4. The minimum absolute atomic E-state index is 0.0522. The fraction of sp³-hybridized carbons (Fsp3) is 0.529. The maximum atomic E-state index is 11.9. The van der Waals surface area contributed by atoms with Crippen LogP contribution in [-0.4, -0.2) is 38.0 Å². The summed E-state index contributed by atoms with van der Waals surface area (Å²) in [6.07, 6.45) is 0.284. The summed E-state index contributed by atoms with van der Waals surface area (Å²) in [4.78, 5) is 27.4. The predicted octanol–water partition coefficient (Wildman–Crippen LogP) is 2.41. The third-order valence-electron chi connectivity index (χ3n) is 3.13. The van der Waals surface area contributed by atoms with Gasteiger partial charge < -0.3 is 15.1 Å². The van der Waals surface area contributed by atoms with E-state index in [1.54, 1.807) is 4.90 Å². The van der Waals surface area contributed by atoms with E-state index in [0.717, 1.165) is 11.4 Å². The molecule has 1 N–H and O–H groups in total. The van der Waals surface area contributed by atoms with Crippen molar-refractivity contribution >= 4 is 23.2 Å². The van der Waals surface area contributed by atoms with Crippen LogP contribution in [0.5, 0.6) is 0 Å². The van der Waals surface area contributed by atoms with Crippen molar-refractivity contribution in [3.05, 3.63) is 24.3 Å². The maximum absolute atomic E-state index is 11.9. The van der Waals surface area contributed by atoms with Crippen LogP contribution in [0.4, 0.5) is 11.4 Å². The second-order valence-corrected chi connectivity index (χ2v) is 6.63. The van der Waals surface area contributed by atoms with Crippen molar-refractivity contribution in [1.29, 1.82) is 0 Å². The van der Waals surface area contributed by atoms with Gasteiger partial charge in [0, 0.05) is 50.9 Å². The summed E-state index contributed by atoms with van der Waals surface area (Å²) >= 11 is 0. The summed E-state index contributed by atoms with van der Waals surface area (Å²) in [5.74, 6) is -0.121. The van der Waals surface area contributed by atoms with Gasteiger partial charge in [0.25, 0.3) is 0 Å². The minimum Gasteiger partial charge on any atom is -0.378 e. The van der Waals surface area contributed by atoms with Crippen LogP contribution in [0.15, 0.2) is 24.3 Å². The van der Waals surface area contributed by atoms with Crippen LogP contribution in [0.1, 0.15) is 34.1 Å². The summed E-state index contributed by atoms with van der Waals surface area (Å²) in [6.45, 7) is 7.70. The first-order valence-electron chi connectivity index (χ1n) is 7.46. The monoisotopic (exact) mass is 305 g/mol. The first-order valence-corrected chi connectivity index (χ1v) is 7.46. The average molecular weight is 305 g/mol. The SMILES string of the molecule is CC(=O)N(CCC(=O)NC(C)(C)C)c1ccc(N(C)C)cc1. The van der Waals surface area contributed by atoms with Gasteiger partial charge in [-0.1, -0.05) is 0 Å². The summed E-state index contributed by atoms with van der Waals surface area (Å²) in [5, 5.41) is 2.91. The fourth-order valence-corrected chi connectivity index (χ4v) is 2.09. The Morgan fingerprint density at radius 1 is 1.05 bits per heavy atom. The standard InChI is InChI=1S/C17H27N3O2/c1-13(21)20(12-11-16(22)18-17(2,3)4)15-9-7-14(8-10-15)19(5)6/h7-10H,11-12H2,1-6H3,(H,18,22). The number of amides is 2. The van der Waals surface area contributed by atoms with E-state index in [-0.39, 0.29) is 23.8 Å².